The molecule has 0 radical (unpaired) electrons. The molecule has 8 aromatic rings. The van der Waals surface area contributed by atoms with Gasteiger partial charge in [-0.3, -0.25) is 4.79 Å². The Morgan fingerprint density at radius 3 is 1.77 bits per heavy atom. The van der Waals surface area contributed by atoms with Gasteiger partial charge in [-0.25, -0.2) is 9.78 Å². The molecule has 10 nitrogen and oxygen atoms in total. The highest BCUT2D eigenvalue weighted by Crippen LogP contribution is 2.48. The Bertz CT molecular complexity index is 2830. The molecule has 0 saturated heterocycles. The summed E-state index contributed by atoms with van der Waals surface area (Å²) in [7, 11) is 0. The van der Waals surface area contributed by atoms with Crippen molar-refractivity contribution in [2.24, 2.45) is 11.3 Å². The summed E-state index contributed by atoms with van der Waals surface area (Å²) in [5.41, 5.74) is 5.47. The Labute approximate surface area is 372 Å². The first-order chi connectivity index (χ1) is 31.0. The van der Waals surface area contributed by atoms with Crippen molar-refractivity contribution in [1.29, 1.82) is 0 Å². The van der Waals surface area contributed by atoms with E-state index in [1.807, 2.05) is 141 Å². The second-order valence-electron chi connectivity index (χ2n) is 17.5. The number of fused-ring (bicyclic) bond motifs is 1. The third-order valence-corrected chi connectivity index (χ3v) is 11.5. The van der Waals surface area contributed by atoms with Crippen molar-refractivity contribution >= 4 is 22.8 Å². The van der Waals surface area contributed by atoms with Gasteiger partial charge in [0.05, 0.1) is 16.6 Å². The molecular formula is C54H49N5O5. The maximum atomic E-state index is 14.4. The van der Waals surface area contributed by atoms with Gasteiger partial charge in [0.15, 0.2) is 11.3 Å². The van der Waals surface area contributed by atoms with Crippen LogP contribution in [0.25, 0.3) is 33.4 Å². The van der Waals surface area contributed by atoms with Crippen LogP contribution in [0.4, 0.5) is 0 Å². The Balaban J connectivity index is 1.07. The fourth-order valence-electron chi connectivity index (χ4n) is 7.99. The van der Waals surface area contributed by atoms with Gasteiger partial charge in [-0.2, -0.15) is 0 Å². The maximum Gasteiger partial charge on any atom is 0.345 e. The lowest BCUT2D eigenvalue weighted by atomic mass is 9.77. The lowest BCUT2D eigenvalue weighted by molar-refractivity contribution is -0.184. The highest BCUT2D eigenvalue weighted by molar-refractivity contribution is 6.06. The summed E-state index contributed by atoms with van der Waals surface area (Å²) < 4.78 is 18.5. The van der Waals surface area contributed by atoms with Crippen LogP contribution in [-0.4, -0.2) is 43.4 Å². The molecule has 0 aliphatic heterocycles. The number of rotatable bonds is 13. The van der Waals surface area contributed by atoms with E-state index in [-0.39, 0.29) is 17.4 Å². The van der Waals surface area contributed by atoms with Crippen LogP contribution in [0.2, 0.25) is 0 Å². The van der Waals surface area contributed by atoms with Crippen molar-refractivity contribution in [2.45, 2.75) is 65.2 Å². The first-order valence-electron chi connectivity index (χ1n) is 21.7. The fraction of sp³-hybridized carbons (Fsp3) is 0.222. The molecule has 2 aromatic heterocycles. The molecule has 1 unspecified atom stereocenters. The zero-order valence-electron chi connectivity index (χ0n) is 36.5. The molecule has 1 atom stereocenters. The molecule has 10 heteroatoms. The lowest BCUT2D eigenvalue weighted by Gasteiger charge is -2.34. The average Bonchev–Trinajstić information content (AvgIpc) is 4.05. The molecule has 0 amide bonds. The number of carbonyl (C=O) groups is 2. The number of hydrogen-bond acceptors (Lipinski definition) is 9. The van der Waals surface area contributed by atoms with E-state index in [9.17, 15) is 9.59 Å². The predicted octanol–water partition coefficient (Wildman–Crippen LogP) is 11.8. The third kappa shape index (κ3) is 8.15. The maximum absolute atomic E-state index is 14.4. The molecule has 1 aliphatic rings. The van der Waals surface area contributed by atoms with Crippen LogP contribution in [0, 0.1) is 11.3 Å². The number of pyridine rings is 1. The van der Waals surface area contributed by atoms with Crippen molar-refractivity contribution < 1.29 is 23.8 Å². The highest BCUT2D eigenvalue weighted by Gasteiger charge is 2.41. The van der Waals surface area contributed by atoms with E-state index >= 15 is 0 Å². The lowest BCUT2D eigenvalue weighted by Crippen LogP contribution is -2.39. The minimum atomic E-state index is -1.11. The van der Waals surface area contributed by atoms with Gasteiger partial charge in [0.2, 0.25) is 12.1 Å². The monoisotopic (exact) mass is 847 g/mol. The summed E-state index contributed by atoms with van der Waals surface area (Å²) in [4.78, 5) is 34.1. The van der Waals surface area contributed by atoms with Crippen molar-refractivity contribution in [3.8, 4) is 34.0 Å². The first-order valence-corrected chi connectivity index (χ1v) is 21.7. The molecule has 1 aliphatic carbocycles. The Morgan fingerprint density at radius 2 is 1.20 bits per heavy atom. The number of nitrogens with zero attached hydrogens (tertiary/aromatic N) is 5. The topological polar surface area (TPSA) is 118 Å². The predicted molar refractivity (Wildman–Crippen MR) is 247 cm³/mol. The van der Waals surface area contributed by atoms with E-state index in [1.165, 1.54) is 0 Å². The molecule has 0 bridgehead atoms. The number of aromatic nitrogens is 5. The minimum absolute atomic E-state index is 0.127. The number of tetrazole rings is 1. The first kappa shape index (κ1) is 41.9. The van der Waals surface area contributed by atoms with E-state index in [0.717, 1.165) is 46.2 Å². The van der Waals surface area contributed by atoms with Crippen LogP contribution in [-0.2, 0) is 19.8 Å². The van der Waals surface area contributed by atoms with Crippen LogP contribution < -0.4 is 4.74 Å². The Kier molecular flexibility index (Phi) is 11.4. The van der Waals surface area contributed by atoms with Crippen LogP contribution in [0.1, 0.15) is 86.1 Å². The molecule has 0 spiro atoms. The largest absolute Gasteiger partial charge is 0.455 e. The normalized spacial score (nSPS) is 13.4. The van der Waals surface area contributed by atoms with Crippen LogP contribution in [0.15, 0.2) is 164 Å². The Morgan fingerprint density at radius 1 is 0.656 bits per heavy atom. The van der Waals surface area contributed by atoms with Crippen molar-refractivity contribution in [3.05, 3.63) is 192 Å². The van der Waals surface area contributed by atoms with E-state index in [2.05, 4.69) is 36.4 Å². The number of hydrogen-bond donors (Lipinski definition) is 0. The smallest absolute Gasteiger partial charge is 0.345 e. The molecule has 1 saturated carbocycles. The number of carbonyl (C=O) groups excluding carboxylic acids is 2. The summed E-state index contributed by atoms with van der Waals surface area (Å²) in [6.07, 6.45) is 0.738. The van der Waals surface area contributed by atoms with E-state index in [4.69, 9.17) is 34.6 Å². The summed E-state index contributed by atoms with van der Waals surface area (Å²) >= 11 is 0. The van der Waals surface area contributed by atoms with Gasteiger partial charge in [0.25, 0.3) is 0 Å². The fourth-order valence-corrected chi connectivity index (χ4v) is 7.99. The van der Waals surface area contributed by atoms with Gasteiger partial charge in [-0.1, -0.05) is 159 Å². The summed E-state index contributed by atoms with van der Waals surface area (Å²) in [5.74, 6) is 0.0238. The molecule has 6 aromatic carbocycles. The summed E-state index contributed by atoms with van der Waals surface area (Å²) in [6.45, 7) is 8.98. The summed E-state index contributed by atoms with van der Waals surface area (Å²) in [5, 5.41) is 15.3. The molecule has 0 N–H and O–H groups in total. The molecule has 64 heavy (non-hydrogen) atoms. The number of benzene rings is 6. The molecule has 320 valence electrons. The standard InChI is InChI=1S/C54H49N5O5/c1-35(2)51(64-52(61)53(3,4)5)63-50(60)46-44-27-17-18-28-45(44)55-47(37-29-30-37)48(46)62-41-33-31-36(32-34-41)42-25-15-16-26-43(42)49-56-58-59(57-49)54(38-19-9-6-10-20-38,39-21-11-7-12-22-39)40-23-13-8-14-24-40/h6-28,31-35,37,51H,29-30H2,1-5H3. The quantitative estimate of drug-likeness (QED) is 0.0634. The van der Waals surface area contributed by atoms with E-state index in [0.29, 0.717) is 33.9 Å². The van der Waals surface area contributed by atoms with Gasteiger partial charge in [0, 0.05) is 22.8 Å². The SMILES string of the molecule is CC(C)C(OC(=O)c1c(Oc2ccc(-c3ccccc3-c3nnn(C(c4ccccc4)(c4ccccc4)c4ccccc4)n3)cc2)c(C2CC2)nc2ccccc12)OC(=O)C(C)(C)C. The number of para-hydroxylation sites is 1. The second kappa shape index (κ2) is 17.4. The minimum Gasteiger partial charge on any atom is -0.455 e. The van der Waals surface area contributed by atoms with Crippen LogP contribution >= 0.6 is 0 Å². The Hall–Kier alpha value is -7.46. The van der Waals surface area contributed by atoms with E-state index in [1.54, 1.807) is 25.6 Å². The zero-order chi connectivity index (χ0) is 44.4. The van der Waals surface area contributed by atoms with Gasteiger partial charge < -0.3 is 14.2 Å². The van der Waals surface area contributed by atoms with Crippen LogP contribution in [0.3, 0.4) is 0 Å². The van der Waals surface area contributed by atoms with Gasteiger partial charge in [-0.05, 0) is 84.8 Å². The van der Waals surface area contributed by atoms with Gasteiger partial charge >= 0.3 is 11.9 Å². The van der Waals surface area contributed by atoms with Gasteiger partial charge in [-0.15, -0.1) is 15.0 Å². The molecule has 1 fully saturated rings. The number of ether oxygens (including phenoxy) is 3. The zero-order valence-corrected chi connectivity index (χ0v) is 36.5. The average molecular weight is 848 g/mol. The molecule has 2 heterocycles. The second-order valence-corrected chi connectivity index (χ2v) is 17.5. The summed E-state index contributed by atoms with van der Waals surface area (Å²) in [6, 6.07) is 53.9. The van der Waals surface area contributed by atoms with Gasteiger partial charge in [0.1, 0.15) is 11.3 Å². The number of esters is 2. The highest BCUT2D eigenvalue weighted by atomic mass is 16.7. The van der Waals surface area contributed by atoms with E-state index < -0.39 is 29.2 Å². The molecule has 9 rings (SSSR count). The third-order valence-electron chi connectivity index (χ3n) is 11.5. The van der Waals surface area contributed by atoms with Crippen LogP contribution in [0.5, 0.6) is 11.5 Å². The van der Waals surface area contributed by atoms with Crippen molar-refractivity contribution in [3.63, 3.8) is 0 Å². The molecular weight excluding hydrogens is 799 g/mol. The van der Waals surface area contributed by atoms with Crippen molar-refractivity contribution in [2.75, 3.05) is 0 Å². The van der Waals surface area contributed by atoms with Crippen molar-refractivity contribution in [1.82, 2.24) is 25.2 Å².